The minimum absolute atomic E-state index is 0.0121. The number of aliphatic hydroxyl groups excluding tert-OH is 1. The van der Waals surface area contributed by atoms with Crippen LogP contribution >= 0.6 is 23.1 Å². The monoisotopic (exact) mass is 342 g/mol. The molecule has 0 bridgehead atoms. The Morgan fingerprint density at radius 3 is 3.04 bits per heavy atom. The largest absolute Gasteiger partial charge is 0.387 e. The average molecular weight is 342 g/mol. The number of aliphatic hydroxyl groups is 1. The minimum Gasteiger partial charge on any atom is -0.387 e. The van der Waals surface area contributed by atoms with Gasteiger partial charge in [-0.05, 0) is 6.07 Å². The van der Waals surface area contributed by atoms with Crippen molar-refractivity contribution in [1.82, 2.24) is 4.90 Å². The smallest absolute Gasteiger partial charge is 0.168 e. The number of fused-ring (bicyclic) bond motifs is 2. The highest BCUT2D eigenvalue weighted by Crippen LogP contribution is 2.47. The van der Waals surface area contributed by atoms with Crippen molar-refractivity contribution < 1.29 is 5.11 Å². The summed E-state index contributed by atoms with van der Waals surface area (Å²) in [5, 5.41) is 15.2. The van der Waals surface area contributed by atoms with E-state index in [-0.39, 0.29) is 5.92 Å². The van der Waals surface area contributed by atoms with E-state index in [1.807, 2.05) is 13.0 Å². The van der Waals surface area contributed by atoms with Crippen molar-refractivity contribution in [3.8, 4) is 0 Å². The summed E-state index contributed by atoms with van der Waals surface area (Å²) in [7, 11) is 0. The molecule has 3 nitrogen and oxygen atoms in total. The van der Waals surface area contributed by atoms with Gasteiger partial charge in [-0.1, -0.05) is 43.0 Å². The Morgan fingerprint density at radius 2 is 2.22 bits per heavy atom. The Bertz CT molecular complexity index is 836. The van der Waals surface area contributed by atoms with E-state index in [0.29, 0.717) is 0 Å². The molecule has 118 valence electrons. The van der Waals surface area contributed by atoms with Crippen LogP contribution < -0.4 is 0 Å². The summed E-state index contributed by atoms with van der Waals surface area (Å²) in [6.07, 6.45) is 1.27. The van der Waals surface area contributed by atoms with Crippen molar-refractivity contribution in [1.29, 1.82) is 0 Å². The van der Waals surface area contributed by atoms with Crippen LogP contribution in [0.15, 0.2) is 52.2 Å². The lowest BCUT2D eigenvalue weighted by Gasteiger charge is -2.20. The molecule has 4 rings (SSSR count). The molecule has 0 saturated carbocycles. The van der Waals surface area contributed by atoms with Gasteiger partial charge < -0.3 is 10.0 Å². The number of hydrogen-bond donors (Lipinski definition) is 1. The maximum Gasteiger partial charge on any atom is 0.168 e. The van der Waals surface area contributed by atoms with Gasteiger partial charge in [0.05, 0.1) is 18.3 Å². The molecule has 0 spiro atoms. The van der Waals surface area contributed by atoms with Crippen LogP contribution in [-0.2, 0) is 0 Å². The van der Waals surface area contributed by atoms with Crippen molar-refractivity contribution in [2.24, 2.45) is 10.9 Å². The van der Waals surface area contributed by atoms with Crippen molar-refractivity contribution in [3.05, 3.63) is 52.8 Å². The van der Waals surface area contributed by atoms with E-state index >= 15 is 0 Å². The quantitative estimate of drug-likeness (QED) is 0.847. The summed E-state index contributed by atoms with van der Waals surface area (Å²) in [5.74, 6) is 0.0121. The first-order valence-electron chi connectivity index (χ1n) is 7.72. The minimum atomic E-state index is -0.542. The van der Waals surface area contributed by atoms with Gasteiger partial charge in [0.1, 0.15) is 0 Å². The number of aliphatic imine (C=N–C) groups is 1. The second-order valence-corrected chi connectivity index (χ2v) is 7.74. The van der Waals surface area contributed by atoms with Crippen molar-refractivity contribution in [3.63, 3.8) is 0 Å². The third-order valence-corrected chi connectivity index (χ3v) is 6.53. The molecule has 0 amide bonds. The average Bonchev–Trinajstić information content (AvgIpc) is 3.26. The Balaban J connectivity index is 1.89. The highest BCUT2D eigenvalue weighted by molar-refractivity contribution is 8.17. The molecule has 1 aromatic heterocycles. The molecular weight excluding hydrogens is 324 g/mol. The Hall–Kier alpha value is -1.56. The van der Waals surface area contributed by atoms with Gasteiger partial charge in [0.25, 0.3) is 0 Å². The molecular formula is C18H18N2OS2. The zero-order chi connectivity index (χ0) is 16.0. The van der Waals surface area contributed by atoms with Crippen molar-refractivity contribution in [2.75, 3.05) is 13.1 Å². The lowest BCUT2D eigenvalue weighted by Crippen LogP contribution is -2.21. The van der Waals surface area contributed by atoms with Gasteiger partial charge in [-0.25, -0.2) is 0 Å². The van der Waals surface area contributed by atoms with E-state index in [9.17, 15) is 5.11 Å². The lowest BCUT2D eigenvalue weighted by atomic mass is 10.0. The third-order valence-electron chi connectivity index (χ3n) is 4.38. The zero-order valence-electron chi connectivity index (χ0n) is 12.9. The third kappa shape index (κ3) is 2.35. The number of thioether (sulfide) groups is 1. The van der Waals surface area contributed by atoms with Crippen LogP contribution in [0.3, 0.4) is 0 Å². The predicted octanol–water partition coefficient (Wildman–Crippen LogP) is 4.17. The van der Waals surface area contributed by atoms with Crippen molar-refractivity contribution >= 4 is 44.0 Å². The van der Waals surface area contributed by atoms with Gasteiger partial charge in [0.15, 0.2) is 5.17 Å². The Labute approximate surface area is 144 Å². The van der Waals surface area contributed by atoms with E-state index < -0.39 is 6.10 Å². The summed E-state index contributed by atoms with van der Waals surface area (Å²) in [4.78, 5) is 7.84. The molecule has 5 heteroatoms. The maximum absolute atomic E-state index is 10.8. The summed E-state index contributed by atoms with van der Waals surface area (Å²) < 4.78 is 1.27. The molecule has 2 aliphatic rings. The Morgan fingerprint density at radius 1 is 1.39 bits per heavy atom. The number of amidine groups is 1. The zero-order valence-corrected chi connectivity index (χ0v) is 14.5. The van der Waals surface area contributed by atoms with Crippen LogP contribution in [0.4, 0.5) is 0 Å². The van der Waals surface area contributed by atoms with Crippen LogP contribution in [0.1, 0.15) is 12.5 Å². The molecule has 3 heterocycles. The van der Waals surface area contributed by atoms with Crippen LogP contribution in [0.25, 0.3) is 15.8 Å². The van der Waals surface area contributed by atoms with Crippen LogP contribution in [0.2, 0.25) is 0 Å². The first-order valence-corrected chi connectivity index (χ1v) is 9.41. The number of rotatable bonds is 4. The predicted molar refractivity (Wildman–Crippen MR) is 101 cm³/mol. The number of benzene rings is 1. The van der Waals surface area contributed by atoms with Gasteiger partial charge in [-0.2, -0.15) is 0 Å². The molecule has 23 heavy (non-hydrogen) atoms. The maximum atomic E-state index is 10.8. The lowest BCUT2D eigenvalue weighted by molar-refractivity contribution is 0.182. The fraction of sp³-hybridized carbons (Fsp3) is 0.278. The first kappa shape index (κ1) is 15.0. The fourth-order valence-electron chi connectivity index (χ4n) is 3.01. The van der Waals surface area contributed by atoms with E-state index in [0.717, 1.165) is 28.9 Å². The summed E-state index contributed by atoms with van der Waals surface area (Å²) in [6, 6.07) is 8.44. The SMILES string of the molecule is C=CC(C)C(O)C1=C(c2csc3ccccc23)N2CCN=C2S1. The topological polar surface area (TPSA) is 35.8 Å². The molecule has 2 aromatic rings. The normalized spacial score (nSPS) is 19.9. The van der Waals surface area contributed by atoms with Crippen LogP contribution in [0.5, 0.6) is 0 Å². The van der Waals surface area contributed by atoms with Gasteiger partial charge in [-0.3, -0.25) is 4.99 Å². The van der Waals surface area contributed by atoms with Crippen molar-refractivity contribution in [2.45, 2.75) is 13.0 Å². The number of thiophene rings is 1. The van der Waals surface area contributed by atoms with E-state index in [4.69, 9.17) is 0 Å². The number of hydrogen-bond acceptors (Lipinski definition) is 5. The first-order chi connectivity index (χ1) is 11.2. The molecule has 1 aromatic carbocycles. The molecule has 2 atom stereocenters. The summed E-state index contributed by atoms with van der Waals surface area (Å²) in [5.41, 5.74) is 2.33. The second kappa shape index (κ2) is 5.82. The molecule has 0 saturated heterocycles. The van der Waals surface area contributed by atoms with Gasteiger partial charge in [0.2, 0.25) is 0 Å². The van der Waals surface area contributed by atoms with E-state index in [1.54, 1.807) is 23.1 Å². The molecule has 0 aliphatic carbocycles. The highest BCUT2D eigenvalue weighted by atomic mass is 32.2. The molecule has 0 radical (unpaired) electrons. The summed E-state index contributed by atoms with van der Waals surface area (Å²) >= 11 is 3.36. The molecule has 0 fully saturated rings. The molecule has 1 N–H and O–H groups in total. The second-order valence-electron chi connectivity index (χ2n) is 5.82. The Kier molecular flexibility index (Phi) is 3.79. The fourth-order valence-corrected chi connectivity index (χ4v) is 5.25. The molecule has 2 unspecified atom stereocenters. The summed E-state index contributed by atoms with van der Waals surface area (Å²) in [6.45, 7) is 7.55. The van der Waals surface area contributed by atoms with E-state index in [1.165, 1.54) is 15.6 Å². The van der Waals surface area contributed by atoms with Crippen LogP contribution in [0, 0.1) is 5.92 Å². The van der Waals surface area contributed by atoms with Gasteiger partial charge in [-0.15, -0.1) is 17.9 Å². The van der Waals surface area contributed by atoms with Gasteiger partial charge in [0, 0.05) is 38.4 Å². The van der Waals surface area contributed by atoms with E-state index in [2.05, 4.69) is 46.1 Å². The molecule has 2 aliphatic heterocycles. The standard InChI is InChI=1S/C18H18N2OS2/c1-3-11(2)16(21)17-15(20-9-8-19-18(20)23-17)13-10-22-14-7-5-4-6-12(13)14/h3-7,10-11,16,21H,1,8-9H2,2H3. The number of nitrogens with zero attached hydrogens (tertiary/aromatic N) is 2. The van der Waals surface area contributed by atoms with Crippen LogP contribution in [-0.4, -0.2) is 34.4 Å². The van der Waals surface area contributed by atoms with Gasteiger partial charge >= 0.3 is 0 Å². The highest BCUT2D eigenvalue weighted by Gasteiger charge is 2.37.